The smallest absolute Gasteiger partial charge is 0.161 e. The van der Waals surface area contributed by atoms with E-state index in [1.54, 1.807) is 21.3 Å². The Bertz CT molecular complexity index is 1370. The van der Waals surface area contributed by atoms with Crippen molar-refractivity contribution in [2.45, 2.75) is 0 Å². The van der Waals surface area contributed by atoms with Crippen LogP contribution in [0.15, 0.2) is 66.7 Å². The van der Waals surface area contributed by atoms with Crippen molar-refractivity contribution in [1.29, 1.82) is 0 Å². The summed E-state index contributed by atoms with van der Waals surface area (Å²) in [4.78, 5) is 0. The van der Waals surface area contributed by atoms with Crippen LogP contribution in [0.1, 0.15) is 0 Å². The highest BCUT2D eigenvalue weighted by Crippen LogP contribution is 2.42. The summed E-state index contributed by atoms with van der Waals surface area (Å²) >= 11 is 0. The molecule has 0 spiro atoms. The van der Waals surface area contributed by atoms with Gasteiger partial charge in [-0.1, -0.05) is 42.5 Å². The van der Waals surface area contributed by atoms with Gasteiger partial charge < -0.3 is 14.2 Å². The van der Waals surface area contributed by atoms with Crippen LogP contribution in [0.4, 0.5) is 0 Å². The van der Waals surface area contributed by atoms with Gasteiger partial charge in [-0.25, -0.2) is 0 Å². The minimum atomic E-state index is 0.734. The van der Waals surface area contributed by atoms with Crippen molar-refractivity contribution < 1.29 is 14.2 Å². The first-order chi connectivity index (χ1) is 13.7. The maximum Gasteiger partial charge on any atom is 0.161 e. The molecule has 0 aliphatic rings. The normalized spacial score (nSPS) is 11.4. The highest BCUT2D eigenvalue weighted by molar-refractivity contribution is 6.31. The van der Waals surface area contributed by atoms with Crippen LogP contribution in [0.5, 0.6) is 17.2 Å². The maximum absolute atomic E-state index is 5.58. The summed E-state index contributed by atoms with van der Waals surface area (Å²) in [5.74, 6) is 2.33. The molecule has 0 saturated heterocycles. The van der Waals surface area contributed by atoms with Gasteiger partial charge in [-0.05, 0) is 67.4 Å². The van der Waals surface area contributed by atoms with E-state index in [2.05, 4.69) is 54.6 Å². The van der Waals surface area contributed by atoms with Crippen LogP contribution in [0.25, 0.3) is 43.1 Å². The van der Waals surface area contributed by atoms with Crippen LogP contribution in [-0.4, -0.2) is 21.3 Å². The fourth-order valence-corrected chi connectivity index (χ4v) is 4.21. The molecule has 0 saturated carbocycles. The van der Waals surface area contributed by atoms with Crippen LogP contribution >= 0.6 is 0 Å². The average molecular weight is 368 g/mol. The van der Waals surface area contributed by atoms with Gasteiger partial charge >= 0.3 is 0 Å². The van der Waals surface area contributed by atoms with Gasteiger partial charge in [0, 0.05) is 0 Å². The number of fused-ring (bicyclic) bond motifs is 8. The summed E-state index contributed by atoms with van der Waals surface area (Å²) in [6.45, 7) is 0. The molecule has 0 atom stereocenters. The Labute approximate surface area is 163 Å². The second-order valence-corrected chi connectivity index (χ2v) is 6.87. The van der Waals surface area contributed by atoms with E-state index in [9.17, 15) is 0 Å². The summed E-state index contributed by atoms with van der Waals surface area (Å²) in [5.41, 5.74) is 0. The minimum Gasteiger partial charge on any atom is -0.497 e. The molecule has 28 heavy (non-hydrogen) atoms. The van der Waals surface area contributed by atoms with Crippen molar-refractivity contribution in [1.82, 2.24) is 0 Å². The van der Waals surface area contributed by atoms with Crippen molar-refractivity contribution in [2.75, 3.05) is 21.3 Å². The molecule has 3 nitrogen and oxygen atoms in total. The van der Waals surface area contributed by atoms with Gasteiger partial charge in [-0.2, -0.15) is 0 Å². The van der Waals surface area contributed by atoms with Crippen LogP contribution in [-0.2, 0) is 0 Å². The molecule has 3 heteroatoms. The highest BCUT2D eigenvalue weighted by atomic mass is 16.5. The summed E-state index contributed by atoms with van der Waals surface area (Å²) in [5, 5.41) is 9.56. The zero-order valence-corrected chi connectivity index (χ0v) is 16.1. The Kier molecular flexibility index (Phi) is 3.76. The first kappa shape index (κ1) is 16.7. The molecule has 5 rings (SSSR count). The molecule has 0 unspecified atom stereocenters. The number of ether oxygens (including phenoxy) is 3. The monoisotopic (exact) mass is 368 g/mol. The maximum atomic E-state index is 5.58. The Hall–Kier alpha value is -3.46. The summed E-state index contributed by atoms with van der Waals surface area (Å²) < 4.78 is 16.6. The van der Waals surface area contributed by atoms with Gasteiger partial charge in [0.25, 0.3) is 0 Å². The topological polar surface area (TPSA) is 27.7 Å². The predicted molar refractivity (Wildman–Crippen MR) is 116 cm³/mol. The van der Waals surface area contributed by atoms with E-state index in [4.69, 9.17) is 14.2 Å². The standard InChI is InChI=1S/C25H20O3/c1-26-16-9-11-20-22(13-16)18-7-5-4-6-17(18)19-10-8-15-12-23(27-2)24(28-3)14-21(15)25(19)20/h4-14H,1-3H3. The number of methoxy groups -OCH3 is 3. The largest absolute Gasteiger partial charge is 0.497 e. The first-order valence-corrected chi connectivity index (χ1v) is 9.22. The zero-order valence-electron chi connectivity index (χ0n) is 16.1. The van der Waals surface area contributed by atoms with E-state index >= 15 is 0 Å². The lowest BCUT2D eigenvalue weighted by molar-refractivity contribution is 0.356. The van der Waals surface area contributed by atoms with Gasteiger partial charge in [0.15, 0.2) is 11.5 Å². The van der Waals surface area contributed by atoms with E-state index in [0.717, 1.165) is 28.0 Å². The van der Waals surface area contributed by atoms with Gasteiger partial charge in [-0.3, -0.25) is 0 Å². The summed E-state index contributed by atoms with van der Waals surface area (Å²) in [6.07, 6.45) is 0. The zero-order chi connectivity index (χ0) is 19.3. The van der Waals surface area contributed by atoms with Gasteiger partial charge in [0.2, 0.25) is 0 Å². The van der Waals surface area contributed by atoms with Gasteiger partial charge in [-0.15, -0.1) is 0 Å². The number of hydrogen-bond acceptors (Lipinski definition) is 3. The number of rotatable bonds is 3. The second kappa shape index (κ2) is 6.31. The molecule has 0 bridgehead atoms. The van der Waals surface area contributed by atoms with Crippen molar-refractivity contribution >= 4 is 43.1 Å². The average Bonchev–Trinajstić information content (AvgIpc) is 2.77. The lowest BCUT2D eigenvalue weighted by Crippen LogP contribution is -1.92. The third kappa shape index (κ3) is 2.29. The molecule has 0 aliphatic carbocycles. The Balaban J connectivity index is 2.07. The van der Waals surface area contributed by atoms with E-state index in [1.165, 1.54) is 32.3 Å². The SMILES string of the molecule is COc1ccc2c(c1)c1ccccc1c1ccc3cc(OC)c(OC)cc3c12. The molecule has 138 valence electrons. The quantitative estimate of drug-likeness (QED) is 0.349. The molecule has 0 amide bonds. The van der Waals surface area contributed by atoms with E-state index < -0.39 is 0 Å². The molecular weight excluding hydrogens is 348 g/mol. The van der Waals surface area contributed by atoms with Gasteiger partial charge in [0.1, 0.15) is 5.75 Å². The van der Waals surface area contributed by atoms with Crippen LogP contribution < -0.4 is 14.2 Å². The highest BCUT2D eigenvalue weighted by Gasteiger charge is 2.14. The van der Waals surface area contributed by atoms with Crippen molar-refractivity contribution in [3.63, 3.8) is 0 Å². The molecule has 0 N–H and O–H groups in total. The van der Waals surface area contributed by atoms with E-state index in [0.29, 0.717) is 0 Å². The van der Waals surface area contributed by atoms with Crippen molar-refractivity contribution in [2.24, 2.45) is 0 Å². The molecular formula is C25H20O3. The second-order valence-electron chi connectivity index (χ2n) is 6.87. The molecule has 0 aromatic heterocycles. The minimum absolute atomic E-state index is 0.734. The lowest BCUT2D eigenvalue weighted by atomic mass is 9.91. The van der Waals surface area contributed by atoms with E-state index in [-0.39, 0.29) is 0 Å². The number of benzene rings is 5. The third-order valence-electron chi connectivity index (χ3n) is 5.53. The van der Waals surface area contributed by atoms with Crippen LogP contribution in [0.3, 0.4) is 0 Å². The predicted octanol–water partition coefficient (Wildman–Crippen LogP) is 6.33. The molecule has 0 heterocycles. The summed E-state index contributed by atoms with van der Waals surface area (Å²) in [7, 11) is 5.05. The van der Waals surface area contributed by atoms with Gasteiger partial charge in [0.05, 0.1) is 21.3 Å². The summed E-state index contributed by atoms with van der Waals surface area (Å²) in [6, 6.07) is 23.3. The molecule has 0 fully saturated rings. The first-order valence-electron chi connectivity index (χ1n) is 9.22. The number of hydrogen-bond donors (Lipinski definition) is 0. The van der Waals surface area contributed by atoms with Crippen molar-refractivity contribution in [3.8, 4) is 17.2 Å². The van der Waals surface area contributed by atoms with Crippen LogP contribution in [0, 0.1) is 0 Å². The molecule has 5 aromatic carbocycles. The fourth-order valence-electron chi connectivity index (χ4n) is 4.21. The van der Waals surface area contributed by atoms with E-state index in [1.807, 2.05) is 12.1 Å². The lowest BCUT2D eigenvalue weighted by Gasteiger charge is -2.15. The molecule has 0 radical (unpaired) electrons. The Morgan fingerprint density at radius 2 is 1.14 bits per heavy atom. The van der Waals surface area contributed by atoms with Crippen LogP contribution in [0.2, 0.25) is 0 Å². The Morgan fingerprint density at radius 3 is 1.86 bits per heavy atom. The Morgan fingerprint density at radius 1 is 0.500 bits per heavy atom. The third-order valence-corrected chi connectivity index (χ3v) is 5.53. The van der Waals surface area contributed by atoms with Crippen molar-refractivity contribution in [3.05, 3.63) is 66.7 Å². The molecule has 0 aliphatic heterocycles. The molecule has 5 aromatic rings. The fraction of sp³-hybridized carbons (Fsp3) is 0.120.